The van der Waals surface area contributed by atoms with Crippen LogP contribution in [0.15, 0.2) is 24.4 Å². The molecule has 0 radical (unpaired) electrons. The fraction of sp³-hybridized carbons (Fsp3) is 0.200. The van der Waals surface area contributed by atoms with E-state index in [1.807, 2.05) is 19.1 Å². The highest BCUT2D eigenvalue weighted by Gasteiger charge is 2.08. The molecule has 0 saturated carbocycles. The fourth-order valence-electron chi connectivity index (χ4n) is 1.32. The molecule has 0 aliphatic rings. The Bertz CT molecular complexity index is 488. The minimum atomic E-state index is -0.340. The summed E-state index contributed by atoms with van der Waals surface area (Å²) in [5.41, 5.74) is 2.31. The van der Waals surface area contributed by atoms with E-state index in [1.54, 1.807) is 16.8 Å². The van der Waals surface area contributed by atoms with Crippen LogP contribution in [0.4, 0.5) is 0 Å². The normalized spacial score (nSPS) is 10.4. The van der Waals surface area contributed by atoms with E-state index in [-0.39, 0.29) is 5.97 Å². The first-order valence-electron chi connectivity index (χ1n) is 4.25. The monoisotopic (exact) mass is 190 g/mol. The maximum Gasteiger partial charge on any atom is 0.339 e. The van der Waals surface area contributed by atoms with Gasteiger partial charge in [-0.3, -0.25) is 0 Å². The van der Waals surface area contributed by atoms with E-state index in [0.29, 0.717) is 5.56 Å². The molecule has 0 N–H and O–H groups in total. The molecule has 0 aliphatic carbocycles. The van der Waals surface area contributed by atoms with Gasteiger partial charge >= 0.3 is 5.97 Å². The van der Waals surface area contributed by atoms with Crippen LogP contribution in [0.1, 0.15) is 16.1 Å². The van der Waals surface area contributed by atoms with Crippen molar-refractivity contribution in [2.45, 2.75) is 6.92 Å². The quantitative estimate of drug-likeness (QED) is 0.639. The van der Waals surface area contributed by atoms with Crippen LogP contribution >= 0.6 is 0 Å². The highest BCUT2D eigenvalue weighted by molar-refractivity contribution is 5.90. The van der Waals surface area contributed by atoms with Crippen LogP contribution in [0.5, 0.6) is 0 Å². The van der Waals surface area contributed by atoms with E-state index in [1.165, 1.54) is 7.11 Å². The van der Waals surface area contributed by atoms with Gasteiger partial charge in [0, 0.05) is 6.20 Å². The number of methoxy groups -OCH3 is 1. The Kier molecular flexibility index (Phi) is 1.96. The lowest BCUT2D eigenvalue weighted by molar-refractivity contribution is 0.0601. The Labute approximate surface area is 81.1 Å². The molecule has 2 heterocycles. The van der Waals surface area contributed by atoms with Gasteiger partial charge in [0.1, 0.15) is 0 Å². The summed E-state index contributed by atoms with van der Waals surface area (Å²) < 4.78 is 6.28. The molecule has 0 unspecified atom stereocenters. The fourth-order valence-corrected chi connectivity index (χ4v) is 1.32. The van der Waals surface area contributed by atoms with Gasteiger partial charge in [-0.2, -0.15) is 5.10 Å². The van der Waals surface area contributed by atoms with Crippen molar-refractivity contribution in [2.75, 3.05) is 7.11 Å². The van der Waals surface area contributed by atoms with E-state index in [2.05, 4.69) is 9.84 Å². The molecule has 2 aromatic rings. The zero-order valence-electron chi connectivity index (χ0n) is 8.02. The lowest BCUT2D eigenvalue weighted by Crippen LogP contribution is -1.98. The van der Waals surface area contributed by atoms with Crippen LogP contribution in [0.2, 0.25) is 0 Å². The van der Waals surface area contributed by atoms with Gasteiger partial charge in [0.15, 0.2) is 0 Å². The lowest BCUT2D eigenvalue weighted by atomic mass is 10.3. The second kappa shape index (κ2) is 3.14. The molecule has 0 bridgehead atoms. The molecular formula is C10H10N2O2. The Morgan fingerprint density at radius 3 is 3.00 bits per heavy atom. The first kappa shape index (κ1) is 8.74. The van der Waals surface area contributed by atoms with E-state index in [4.69, 9.17) is 0 Å². The summed E-state index contributed by atoms with van der Waals surface area (Å²) in [6.07, 6.45) is 1.66. The minimum absolute atomic E-state index is 0.340. The Morgan fingerprint density at radius 2 is 2.29 bits per heavy atom. The molecule has 0 fully saturated rings. The summed E-state index contributed by atoms with van der Waals surface area (Å²) in [4.78, 5) is 11.2. The second-order valence-corrected chi connectivity index (χ2v) is 3.06. The van der Waals surface area contributed by atoms with E-state index >= 15 is 0 Å². The maximum atomic E-state index is 11.2. The van der Waals surface area contributed by atoms with Crippen molar-refractivity contribution in [3.63, 3.8) is 0 Å². The molecule has 0 aromatic carbocycles. The van der Waals surface area contributed by atoms with Gasteiger partial charge in [0.2, 0.25) is 0 Å². The van der Waals surface area contributed by atoms with Crippen molar-refractivity contribution >= 4 is 11.5 Å². The van der Waals surface area contributed by atoms with Crippen molar-refractivity contribution in [2.24, 2.45) is 0 Å². The van der Waals surface area contributed by atoms with Crippen LogP contribution in [-0.4, -0.2) is 22.7 Å². The van der Waals surface area contributed by atoms with Gasteiger partial charge in [-0.25, -0.2) is 9.31 Å². The smallest absolute Gasteiger partial charge is 0.339 e. The number of esters is 1. The first-order chi connectivity index (χ1) is 6.70. The average molecular weight is 190 g/mol. The lowest BCUT2D eigenvalue weighted by Gasteiger charge is -1.93. The molecule has 2 aromatic heterocycles. The number of fused-ring (bicyclic) bond motifs is 1. The van der Waals surface area contributed by atoms with Crippen molar-refractivity contribution in [3.05, 3.63) is 35.7 Å². The first-order valence-corrected chi connectivity index (χ1v) is 4.25. The highest BCUT2D eigenvalue weighted by Crippen LogP contribution is 2.09. The topological polar surface area (TPSA) is 43.6 Å². The van der Waals surface area contributed by atoms with Crippen LogP contribution in [0.3, 0.4) is 0 Å². The summed E-state index contributed by atoms with van der Waals surface area (Å²) in [6.45, 7) is 1.90. The van der Waals surface area contributed by atoms with E-state index < -0.39 is 0 Å². The van der Waals surface area contributed by atoms with Crippen LogP contribution in [0, 0.1) is 6.92 Å². The number of aryl methyl sites for hydroxylation is 1. The van der Waals surface area contributed by atoms with Gasteiger partial charge in [-0.1, -0.05) is 0 Å². The van der Waals surface area contributed by atoms with Crippen molar-refractivity contribution < 1.29 is 9.53 Å². The molecular weight excluding hydrogens is 180 g/mol. The summed E-state index contributed by atoms with van der Waals surface area (Å²) in [5, 5.41) is 4.22. The van der Waals surface area contributed by atoms with Crippen LogP contribution in [-0.2, 0) is 4.74 Å². The van der Waals surface area contributed by atoms with Gasteiger partial charge < -0.3 is 4.74 Å². The third-order valence-electron chi connectivity index (χ3n) is 2.01. The van der Waals surface area contributed by atoms with Gasteiger partial charge in [-0.05, 0) is 25.1 Å². The number of carbonyl (C=O) groups excluding carboxylic acids is 1. The molecule has 4 nitrogen and oxygen atoms in total. The van der Waals surface area contributed by atoms with E-state index in [9.17, 15) is 4.79 Å². The number of rotatable bonds is 1. The predicted molar refractivity (Wildman–Crippen MR) is 51.3 cm³/mol. The zero-order valence-corrected chi connectivity index (χ0v) is 8.02. The summed E-state index contributed by atoms with van der Waals surface area (Å²) in [7, 11) is 1.36. The summed E-state index contributed by atoms with van der Waals surface area (Å²) in [6, 6.07) is 5.56. The SMILES string of the molecule is COC(=O)c1cc2ccc(C)nn2c1. The number of carbonyl (C=O) groups is 1. The number of nitrogens with zero attached hydrogens (tertiary/aromatic N) is 2. The largest absolute Gasteiger partial charge is 0.465 e. The molecule has 0 saturated heterocycles. The maximum absolute atomic E-state index is 11.2. The molecule has 0 atom stereocenters. The van der Waals surface area contributed by atoms with Crippen molar-refractivity contribution in [1.29, 1.82) is 0 Å². The highest BCUT2D eigenvalue weighted by atomic mass is 16.5. The molecule has 72 valence electrons. The summed E-state index contributed by atoms with van der Waals surface area (Å²) >= 11 is 0. The summed E-state index contributed by atoms with van der Waals surface area (Å²) in [5.74, 6) is -0.340. The Hall–Kier alpha value is -1.84. The number of ether oxygens (including phenoxy) is 1. The minimum Gasteiger partial charge on any atom is -0.465 e. The molecule has 4 heteroatoms. The molecule has 0 amide bonds. The molecule has 14 heavy (non-hydrogen) atoms. The van der Waals surface area contributed by atoms with Crippen LogP contribution in [0.25, 0.3) is 5.52 Å². The van der Waals surface area contributed by atoms with Crippen molar-refractivity contribution in [1.82, 2.24) is 9.61 Å². The van der Waals surface area contributed by atoms with Gasteiger partial charge in [0.05, 0.1) is 23.9 Å². The Balaban J connectivity index is 2.56. The number of aromatic nitrogens is 2. The standard InChI is InChI=1S/C10H10N2O2/c1-7-3-4-9-5-8(10(13)14-2)6-12(9)11-7/h3-6H,1-2H3. The third kappa shape index (κ3) is 1.35. The van der Waals surface area contributed by atoms with Gasteiger partial charge in [0.25, 0.3) is 0 Å². The average Bonchev–Trinajstić information content (AvgIpc) is 2.59. The predicted octanol–water partition coefficient (Wildman–Crippen LogP) is 1.43. The molecule has 0 spiro atoms. The second-order valence-electron chi connectivity index (χ2n) is 3.06. The number of hydrogen-bond donors (Lipinski definition) is 0. The number of hydrogen-bond acceptors (Lipinski definition) is 3. The third-order valence-corrected chi connectivity index (χ3v) is 2.01. The van der Waals surface area contributed by atoms with Crippen LogP contribution < -0.4 is 0 Å². The Morgan fingerprint density at radius 1 is 1.50 bits per heavy atom. The van der Waals surface area contributed by atoms with E-state index in [0.717, 1.165) is 11.2 Å². The molecule has 2 rings (SSSR count). The van der Waals surface area contributed by atoms with Gasteiger partial charge in [-0.15, -0.1) is 0 Å². The molecule has 0 aliphatic heterocycles. The zero-order chi connectivity index (χ0) is 10.1. The van der Waals surface area contributed by atoms with Crippen molar-refractivity contribution in [3.8, 4) is 0 Å².